The number of rotatable bonds is 6. The van der Waals surface area contributed by atoms with Gasteiger partial charge >= 0.3 is 0 Å². The van der Waals surface area contributed by atoms with Crippen LogP contribution in [0.1, 0.15) is 31.2 Å². The summed E-state index contributed by atoms with van der Waals surface area (Å²) in [5, 5.41) is 8.11. The van der Waals surface area contributed by atoms with Crippen molar-refractivity contribution in [2.24, 2.45) is 5.41 Å². The van der Waals surface area contributed by atoms with Gasteiger partial charge in [-0.3, -0.25) is 4.79 Å². The van der Waals surface area contributed by atoms with E-state index < -0.39 is 0 Å². The van der Waals surface area contributed by atoms with Crippen LogP contribution < -0.4 is 10.1 Å². The second-order valence-electron chi connectivity index (χ2n) is 6.68. The number of fused-ring (bicyclic) bond motifs is 1. The molecule has 1 amide bonds. The van der Waals surface area contributed by atoms with Crippen molar-refractivity contribution in [3.63, 3.8) is 0 Å². The fourth-order valence-corrected chi connectivity index (χ4v) is 2.89. The highest BCUT2D eigenvalue weighted by Gasteiger charge is 2.44. The van der Waals surface area contributed by atoms with Gasteiger partial charge in [0, 0.05) is 34.1 Å². The van der Waals surface area contributed by atoms with Crippen molar-refractivity contribution in [1.29, 1.82) is 0 Å². The summed E-state index contributed by atoms with van der Waals surface area (Å²) < 4.78 is 10.7. The quantitative estimate of drug-likeness (QED) is 0.701. The van der Waals surface area contributed by atoms with Crippen LogP contribution >= 0.6 is 11.6 Å². The summed E-state index contributed by atoms with van der Waals surface area (Å²) in [7, 11) is 0. The number of aromatic nitrogens is 2. The number of ether oxygens (including phenoxy) is 1. The maximum atomic E-state index is 12.0. The lowest BCUT2D eigenvalue weighted by Gasteiger charge is -2.08. The second kappa shape index (κ2) is 6.11. The van der Waals surface area contributed by atoms with Gasteiger partial charge < -0.3 is 19.6 Å². The van der Waals surface area contributed by atoms with Crippen LogP contribution in [0.5, 0.6) is 5.75 Å². The molecule has 1 aliphatic rings. The minimum atomic E-state index is -0.170. The van der Waals surface area contributed by atoms with Crippen LogP contribution in [0.4, 0.5) is 0 Å². The van der Waals surface area contributed by atoms with E-state index in [9.17, 15) is 4.79 Å². The number of hydrogen-bond acceptors (Lipinski definition) is 4. The molecule has 2 N–H and O–H groups in total. The van der Waals surface area contributed by atoms with Gasteiger partial charge in [0.05, 0.1) is 17.8 Å². The zero-order valence-electron chi connectivity index (χ0n) is 13.8. The maximum absolute atomic E-state index is 12.0. The Labute approximate surface area is 149 Å². The summed E-state index contributed by atoms with van der Waals surface area (Å²) >= 11 is 6.29. The zero-order chi connectivity index (χ0) is 17.4. The lowest BCUT2D eigenvalue weighted by molar-refractivity contribution is -0.125. The lowest BCUT2D eigenvalue weighted by atomic mass is 10.1. The Balaban J connectivity index is 1.47. The molecule has 0 bridgehead atoms. The number of nitrogens with one attached hydrogen (secondary N) is 2. The van der Waals surface area contributed by atoms with E-state index in [2.05, 4.69) is 15.5 Å². The van der Waals surface area contributed by atoms with Gasteiger partial charge in [-0.1, -0.05) is 23.7 Å². The first-order chi connectivity index (χ1) is 12.0. The van der Waals surface area contributed by atoms with E-state index >= 15 is 0 Å². The van der Waals surface area contributed by atoms with E-state index in [1.54, 1.807) is 12.3 Å². The summed E-state index contributed by atoms with van der Waals surface area (Å²) in [6.07, 6.45) is 3.50. The van der Waals surface area contributed by atoms with Crippen LogP contribution in [0, 0.1) is 5.41 Å². The predicted molar refractivity (Wildman–Crippen MR) is 93.3 cm³/mol. The van der Waals surface area contributed by atoms with Crippen molar-refractivity contribution in [1.82, 2.24) is 15.5 Å². The molecular weight excluding hydrogens is 342 g/mol. The molecule has 7 heteroatoms. The molecule has 6 nitrogen and oxygen atoms in total. The van der Waals surface area contributed by atoms with Crippen molar-refractivity contribution in [3.05, 3.63) is 46.9 Å². The number of benzene rings is 1. The molecule has 1 saturated carbocycles. The smallest absolute Gasteiger partial charge is 0.226 e. The second-order valence-corrected chi connectivity index (χ2v) is 7.08. The number of H-pyrrole nitrogens is 1. The zero-order valence-corrected chi connectivity index (χ0v) is 14.5. The van der Waals surface area contributed by atoms with E-state index in [4.69, 9.17) is 20.9 Å². The fraction of sp³-hybridized carbons (Fsp3) is 0.333. The molecule has 0 unspecified atom stereocenters. The number of nitrogens with zero attached hydrogens (tertiary/aromatic N) is 1. The first-order valence-corrected chi connectivity index (χ1v) is 8.53. The van der Waals surface area contributed by atoms with Gasteiger partial charge in [-0.15, -0.1) is 0 Å². The van der Waals surface area contributed by atoms with Crippen molar-refractivity contribution in [2.75, 3.05) is 0 Å². The fourth-order valence-electron chi connectivity index (χ4n) is 2.67. The summed E-state index contributed by atoms with van der Waals surface area (Å²) in [6, 6.07) is 7.41. The van der Waals surface area contributed by atoms with Gasteiger partial charge in [0.1, 0.15) is 12.4 Å². The molecule has 3 aromatic rings. The minimum absolute atomic E-state index is 0.111. The Morgan fingerprint density at radius 2 is 2.28 bits per heavy atom. The Hall–Kier alpha value is -2.47. The summed E-state index contributed by atoms with van der Waals surface area (Å²) in [6.45, 7) is 2.72. The van der Waals surface area contributed by atoms with Crippen LogP contribution in [0.15, 0.2) is 35.0 Å². The first kappa shape index (κ1) is 16.0. The average Bonchev–Trinajstić information content (AvgIpc) is 3.01. The third-order valence-electron chi connectivity index (χ3n) is 4.58. The minimum Gasteiger partial charge on any atom is -0.484 e. The van der Waals surface area contributed by atoms with E-state index in [0.29, 0.717) is 23.1 Å². The molecule has 4 rings (SSSR count). The standard InChI is InChI=1S/C18H18ClN3O3/c1-18(3-4-18)17(23)20-9-12-6-11-7-14(19)16(8-15(11)22-12)24-10-13-2-5-21-25-13/h2,5-8,22H,3-4,9-10H2,1H3,(H,20,23). The van der Waals surface area contributed by atoms with E-state index in [1.807, 2.05) is 25.1 Å². The van der Waals surface area contributed by atoms with Gasteiger partial charge in [0.25, 0.3) is 0 Å². The molecule has 2 heterocycles. The highest BCUT2D eigenvalue weighted by Crippen LogP contribution is 2.45. The van der Waals surface area contributed by atoms with Crippen LogP contribution in [0.3, 0.4) is 0 Å². The molecule has 0 spiro atoms. The molecule has 1 fully saturated rings. The Kier molecular flexibility index (Phi) is 3.92. The van der Waals surface area contributed by atoms with Gasteiger partial charge in [-0.2, -0.15) is 0 Å². The highest BCUT2D eigenvalue weighted by atomic mass is 35.5. The van der Waals surface area contributed by atoms with Crippen LogP contribution in [-0.4, -0.2) is 16.0 Å². The van der Waals surface area contributed by atoms with Crippen LogP contribution in [0.2, 0.25) is 5.02 Å². The predicted octanol–water partition coefficient (Wildman–Crippen LogP) is 3.80. The van der Waals surface area contributed by atoms with Crippen molar-refractivity contribution in [3.8, 4) is 5.75 Å². The van der Waals surface area contributed by atoms with Crippen molar-refractivity contribution < 1.29 is 14.1 Å². The average molecular weight is 360 g/mol. The summed E-state index contributed by atoms with van der Waals surface area (Å²) in [4.78, 5) is 15.3. The van der Waals surface area contributed by atoms with Gasteiger partial charge in [0.2, 0.25) is 5.91 Å². The van der Waals surface area contributed by atoms with E-state index in [1.165, 1.54) is 0 Å². The van der Waals surface area contributed by atoms with Crippen LogP contribution in [-0.2, 0) is 17.9 Å². The maximum Gasteiger partial charge on any atom is 0.226 e. The molecule has 2 aromatic heterocycles. The van der Waals surface area contributed by atoms with E-state index in [-0.39, 0.29) is 17.9 Å². The third kappa shape index (κ3) is 3.35. The van der Waals surface area contributed by atoms with Crippen LogP contribution in [0.25, 0.3) is 10.9 Å². The molecule has 0 radical (unpaired) electrons. The number of amides is 1. The topological polar surface area (TPSA) is 80.2 Å². The molecule has 0 aliphatic heterocycles. The van der Waals surface area contributed by atoms with Gasteiger partial charge in [0.15, 0.2) is 5.76 Å². The lowest BCUT2D eigenvalue weighted by Crippen LogP contribution is -2.29. The van der Waals surface area contributed by atoms with Crippen molar-refractivity contribution >= 4 is 28.4 Å². The molecule has 0 saturated heterocycles. The summed E-state index contributed by atoms with van der Waals surface area (Å²) in [5.41, 5.74) is 1.66. The van der Waals surface area contributed by atoms with Gasteiger partial charge in [-0.05, 0) is 25.0 Å². The molecule has 0 atom stereocenters. The number of hydrogen-bond donors (Lipinski definition) is 2. The monoisotopic (exact) mass is 359 g/mol. The molecule has 25 heavy (non-hydrogen) atoms. The Bertz CT molecular complexity index is 913. The Morgan fingerprint density at radius 3 is 3.00 bits per heavy atom. The van der Waals surface area contributed by atoms with Gasteiger partial charge in [-0.25, -0.2) is 0 Å². The highest BCUT2D eigenvalue weighted by molar-refractivity contribution is 6.32. The number of halogens is 1. The third-order valence-corrected chi connectivity index (χ3v) is 4.87. The number of carbonyl (C=O) groups excluding carboxylic acids is 1. The largest absolute Gasteiger partial charge is 0.484 e. The van der Waals surface area contributed by atoms with Crippen molar-refractivity contribution in [2.45, 2.75) is 32.9 Å². The molecule has 1 aliphatic carbocycles. The number of carbonyl (C=O) groups is 1. The molecular formula is C18H18ClN3O3. The Morgan fingerprint density at radius 1 is 1.44 bits per heavy atom. The molecule has 130 valence electrons. The van der Waals surface area contributed by atoms with E-state index in [0.717, 1.165) is 29.4 Å². The number of aromatic amines is 1. The normalized spacial score (nSPS) is 15.3. The first-order valence-electron chi connectivity index (χ1n) is 8.15. The SMILES string of the molecule is CC1(C(=O)NCc2cc3cc(Cl)c(OCc4ccno4)cc3[nH]2)CC1. The molecule has 1 aromatic carbocycles. The summed E-state index contributed by atoms with van der Waals surface area (Å²) in [5.74, 6) is 1.30.